The van der Waals surface area contributed by atoms with Crippen molar-refractivity contribution in [3.05, 3.63) is 40.5 Å². The van der Waals surface area contributed by atoms with Crippen LogP contribution in [0.3, 0.4) is 0 Å². The maximum atomic E-state index is 11.0. The molecule has 7 heteroatoms. The molecule has 2 heterocycles. The SMILES string of the molecule is Cc1nc(C)c(-c2nc(-c3cccc(C(=O)O)c3)no2)s1. The zero-order valence-electron chi connectivity index (χ0n) is 11.3. The normalized spacial score (nSPS) is 10.8. The number of benzene rings is 1. The molecule has 3 aromatic rings. The summed E-state index contributed by atoms with van der Waals surface area (Å²) >= 11 is 1.48. The van der Waals surface area contributed by atoms with Crippen LogP contribution in [0.1, 0.15) is 21.1 Å². The van der Waals surface area contributed by atoms with Gasteiger partial charge in [0.15, 0.2) is 0 Å². The topological polar surface area (TPSA) is 89.1 Å². The molecule has 0 unspecified atom stereocenters. The van der Waals surface area contributed by atoms with E-state index in [9.17, 15) is 4.79 Å². The van der Waals surface area contributed by atoms with Crippen LogP contribution in [-0.2, 0) is 0 Å². The summed E-state index contributed by atoms with van der Waals surface area (Å²) in [6, 6.07) is 6.42. The Morgan fingerprint density at radius 3 is 2.76 bits per heavy atom. The number of carboxylic acids is 1. The van der Waals surface area contributed by atoms with E-state index in [4.69, 9.17) is 9.63 Å². The highest BCUT2D eigenvalue weighted by molar-refractivity contribution is 7.15. The molecule has 2 aromatic heterocycles. The van der Waals surface area contributed by atoms with Gasteiger partial charge in [0, 0.05) is 5.56 Å². The fourth-order valence-electron chi connectivity index (χ4n) is 1.95. The third kappa shape index (κ3) is 2.55. The molecule has 0 aliphatic carbocycles. The second-order valence-corrected chi connectivity index (χ2v) is 5.66. The second kappa shape index (κ2) is 5.10. The zero-order valence-corrected chi connectivity index (χ0v) is 12.1. The van der Waals surface area contributed by atoms with Gasteiger partial charge in [0.2, 0.25) is 5.82 Å². The van der Waals surface area contributed by atoms with Gasteiger partial charge < -0.3 is 9.63 Å². The van der Waals surface area contributed by atoms with Gasteiger partial charge in [0.05, 0.1) is 16.3 Å². The van der Waals surface area contributed by atoms with E-state index in [0.717, 1.165) is 15.6 Å². The summed E-state index contributed by atoms with van der Waals surface area (Å²) in [4.78, 5) is 20.5. The molecule has 6 nitrogen and oxygen atoms in total. The number of hydrogen-bond donors (Lipinski definition) is 1. The third-order valence-electron chi connectivity index (χ3n) is 2.89. The maximum absolute atomic E-state index is 11.0. The number of aromatic carboxylic acids is 1. The number of rotatable bonds is 3. The molecule has 1 N–H and O–H groups in total. The van der Waals surface area contributed by atoms with Gasteiger partial charge in [-0.05, 0) is 26.0 Å². The number of aryl methyl sites for hydroxylation is 2. The van der Waals surface area contributed by atoms with Crippen molar-refractivity contribution in [3.8, 4) is 22.2 Å². The molecule has 0 spiro atoms. The minimum atomic E-state index is -0.991. The van der Waals surface area contributed by atoms with Crippen molar-refractivity contribution in [2.75, 3.05) is 0 Å². The van der Waals surface area contributed by atoms with Gasteiger partial charge >= 0.3 is 5.97 Å². The highest BCUT2D eigenvalue weighted by Gasteiger charge is 2.16. The molecule has 0 saturated heterocycles. The van der Waals surface area contributed by atoms with Gasteiger partial charge in [0.1, 0.15) is 4.88 Å². The van der Waals surface area contributed by atoms with Gasteiger partial charge in [-0.3, -0.25) is 0 Å². The Morgan fingerprint density at radius 2 is 2.10 bits per heavy atom. The Kier molecular flexibility index (Phi) is 3.26. The van der Waals surface area contributed by atoms with E-state index in [1.165, 1.54) is 23.5 Å². The average Bonchev–Trinajstić information content (AvgIpc) is 3.05. The number of aromatic nitrogens is 3. The lowest BCUT2D eigenvalue weighted by Gasteiger charge is -1.96. The minimum absolute atomic E-state index is 0.184. The highest BCUT2D eigenvalue weighted by atomic mass is 32.1. The lowest BCUT2D eigenvalue weighted by Crippen LogP contribution is -1.96. The van der Waals surface area contributed by atoms with Crippen LogP contribution >= 0.6 is 11.3 Å². The number of nitrogens with zero attached hydrogens (tertiary/aromatic N) is 3. The molecule has 0 amide bonds. The molecule has 0 aliphatic rings. The van der Waals surface area contributed by atoms with E-state index >= 15 is 0 Å². The van der Waals surface area contributed by atoms with Gasteiger partial charge in [-0.1, -0.05) is 17.3 Å². The Morgan fingerprint density at radius 1 is 1.29 bits per heavy atom. The van der Waals surface area contributed by atoms with E-state index in [0.29, 0.717) is 17.3 Å². The quantitative estimate of drug-likeness (QED) is 0.799. The molecule has 0 aliphatic heterocycles. The lowest BCUT2D eigenvalue weighted by molar-refractivity contribution is 0.0697. The van der Waals surface area contributed by atoms with Crippen LogP contribution in [0.15, 0.2) is 28.8 Å². The van der Waals surface area contributed by atoms with Gasteiger partial charge in [-0.2, -0.15) is 4.98 Å². The van der Waals surface area contributed by atoms with E-state index in [1.54, 1.807) is 12.1 Å². The molecule has 106 valence electrons. The van der Waals surface area contributed by atoms with Gasteiger partial charge in [-0.15, -0.1) is 11.3 Å². The smallest absolute Gasteiger partial charge is 0.335 e. The number of thiazole rings is 1. The highest BCUT2D eigenvalue weighted by Crippen LogP contribution is 2.30. The first-order valence-electron chi connectivity index (χ1n) is 6.16. The Bertz CT molecular complexity index is 822. The van der Waals surface area contributed by atoms with Crippen molar-refractivity contribution in [1.82, 2.24) is 15.1 Å². The maximum Gasteiger partial charge on any atom is 0.335 e. The summed E-state index contributed by atoms with van der Waals surface area (Å²) in [5.41, 5.74) is 1.62. The van der Waals surface area contributed by atoms with E-state index in [1.807, 2.05) is 13.8 Å². The molecule has 0 radical (unpaired) electrons. The van der Waals surface area contributed by atoms with Crippen molar-refractivity contribution in [2.24, 2.45) is 0 Å². The number of hydrogen-bond acceptors (Lipinski definition) is 6. The Labute approximate surface area is 124 Å². The van der Waals surface area contributed by atoms with E-state index in [-0.39, 0.29) is 5.56 Å². The largest absolute Gasteiger partial charge is 0.478 e. The van der Waals surface area contributed by atoms with Crippen LogP contribution in [-0.4, -0.2) is 26.2 Å². The van der Waals surface area contributed by atoms with Crippen molar-refractivity contribution in [1.29, 1.82) is 0 Å². The lowest BCUT2D eigenvalue weighted by atomic mass is 10.1. The third-order valence-corrected chi connectivity index (χ3v) is 3.95. The molecular weight excluding hydrogens is 290 g/mol. The number of carboxylic acid groups (broad SMARTS) is 1. The molecule has 0 saturated carbocycles. The van der Waals surface area contributed by atoms with Crippen molar-refractivity contribution in [3.63, 3.8) is 0 Å². The second-order valence-electron chi connectivity index (χ2n) is 4.46. The predicted molar refractivity (Wildman–Crippen MR) is 77.3 cm³/mol. The monoisotopic (exact) mass is 301 g/mol. The first-order chi connectivity index (χ1) is 10.0. The molecule has 0 fully saturated rings. The average molecular weight is 301 g/mol. The summed E-state index contributed by atoms with van der Waals surface area (Å²) in [6.07, 6.45) is 0. The molecular formula is C14H11N3O3S. The van der Waals surface area contributed by atoms with Gasteiger partial charge in [0.25, 0.3) is 5.89 Å². The van der Waals surface area contributed by atoms with Crippen LogP contribution in [0.2, 0.25) is 0 Å². The first-order valence-corrected chi connectivity index (χ1v) is 6.98. The molecule has 21 heavy (non-hydrogen) atoms. The number of carbonyl (C=O) groups is 1. The van der Waals surface area contributed by atoms with Crippen LogP contribution in [0, 0.1) is 13.8 Å². The summed E-state index contributed by atoms with van der Waals surface area (Å²) in [6.45, 7) is 3.79. The molecule has 0 bridgehead atoms. The predicted octanol–water partition coefficient (Wildman–Crippen LogP) is 3.18. The fourth-order valence-corrected chi connectivity index (χ4v) is 2.80. The van der Waals surface area contributed by atoms with E-state index < -0.39 is 5.97 Å². The Hall–Kier alpha value is -2.54. The van der Waals surface area contributed by atoms with Crippen LogP contribution < -0.4 is 0 Å². The zero-order chi connectivity index (χ0) is 15.0. The van der Waals surface area contributed by atoms with Crippen molar-refractivity contribution < 1.29 is 14.4 Å². The van der Waals surface area contributed by atoms with Crippen LogP contribution in [0.4, 0.5) is 0 Å². The van der Waals surface area contributed by atoms with Crippen molar-refractivity contribution in [2.45, 2.75) is 13.8 Å². The molecule has 0 atom stereocenters. The summed E-state index contributed by atoms with van der Waals surface area (Å²) < 4.78 is 5.26. The standard InChI is InChI=1S/C14H11N3O3S/c1-7-11(21-8(2)15-7)13-16-12(17-20-13)9-4-3-5-10(6-9)14(18)19/h3-6H,1-2H3,(H,18,19). The summed E-state index contributed by atoms with van der Waals surface area (Å²) in [7, 11) is 0. The Balaban J connectivity index is 2.00. The van der Waals surface area contributed by atoms with E-state index in [2.05, 4.69) is 15.1 Å². The van der Waals surface area contributed by atoms with Crippen LogP contribution in [0.25, 0.3) is 22.2 Å². The fraction of sp³-hybridized carbons (Fsp3) is 0.143. The van der Waals surface area contributed by atoms with Crippen molar-refractivity contribution >= 4 is 17.3 Å². The molecule has 1 aromatic carbocycles. The first kappa shape index (κ1) is 13.4. The summed E-state index contributed by atoms with van der Waals surface area (Å²) in [5.74, 6) is -0.234. The van der Waals surface area contributed by atoms with Crippen LogP contribution in [0.5, 0.6) is 0 Å². The summed E-state index contributed by atoms with van der Waals surface area (Å²) in [5, 5.41) is 13.8. The minimum Gasteiger partial charge on any atom is -0.478 e. The van der Waals surface area contributed by atoms with Gasteiger partial charge in [-0.25, -0.2) is 9.78 Å². The molecule has 3 rings (SSSR count).